The van der Waals surface area contributed by atoms with Gasteiger partial charge in [-0.1, -0.05) is 45.2 Å². The van der Waals surface area contributed by atoms with E-state index in [1.54, 1.807) is 0 Å². The molecule has 2 rings (SSSR count). The van der Waals surface area contributed by atoms with Crippen LogP contribution in [0.25, 0.3) is 11.0 Å². The molecule has 0 saturated heterocycles. The molecule has 19 heavy (non-hydrogen) atoms. The van der Waals surface area contributed by atoms with Crippen molar-refractivity contribution in [1.29, 1.82) is 0 Å². The summed E-state index contributed by atoms with van der Waals surface area (Å²) >= 11 is 0. The molecule has 0 aliphatic carbocycles. The molecule has 0 amide bonds. The number of imidazole rings is 1. The highest BCUT2D eigenvalue weighted by Crippen LogP contribution is 2.18. The van der Waals surface area contributed by atoms with Crippen LogP contribution in [0.2, 0.25) is 0 Å². The number of rotatable bonds is 7. The Labute approximate surface area is 122 Å². The van der Waals surface area contributed by atoms with Crippen LogP contribution in [0.4, 0.5) is 0 Å². The number of halogens is 1. The van der Waals surface area contributed by atoms with Crippen LogP contribution in [0.1, 0.15) is 51.8 Å². The van der Waals surface area contributed by atoms with Gasteiger partial charge in [-0.05, 0) is 25.0 Å². The lowest BCUT2D eigenvalue weighted by atomic mass is 10.2. The SMILES string of the molecule is CCCCCCn1c(CCC)nc2ccccc21.Cl. The summed E-state index contributed by atoms with van der Waals surface area (Å²) < 4.78 is 2.43. The Morgan fingerprint density at radius 1 is 1.00 bits per heavy atom. The average Bonchev–Trinajstić information content (AvgIpc) is 2.73. The van der Waals surface area contributed by atoms with E-state index in [0.29, 0.717) is 0 Å². The maximum absolute atomic E-state index is 4.76. The van der Waals surface area contributed by atoms with Gasteiger partial charge in [-0.2, -0.15) is 0 Å². The van der Waals surface area contributed by atoms with E-state index in [1.165, 1.54) is 37.0 Å². The van der Waals surface area contributed by atoms with Crippen molar-refractivity contribution >= 4 is 23.4 Å². The quantitative estimate of drug-likeness (QED) is 0.653. The molecule has 0 aliphatic rings. The molecular formula is C16H25ClN2. The molecule has 0 aliphatic heterocycles. The normalized spacial score (nSPS) is 10.6. The van der Waals surface area contributed by atoms with E-state index >= 15 is 0 Å². The molecule has 0 unspecified atom stereocenters. The third kappa shape index (κ3) is 3.97. The van der Waals surface area contributed by atoms with E-state index in [-0.39, 0.29) is 12.4 Å². The van der Waals surface area contributed by atoms with Gasteiger partial charge in [-0.3, -0.25) is 0 Å². The fourth-order valence-corrected chi connectivity index (χ4v) is 2.49. The third-order valence-electron chi connectivity index (χ3n) is 3.44. The summed E-state index contributed by atoms with van der Waals surface area (Å²) in [5.74, 6) is 1.26. The van der Waals surface area contributed by atoms with Gasteiger partial charge in [-0.25, -0.2) is 4.98 Å². The predicted octanol–water partition coefficient (Wildman–Crippen LogP) is 4.99. The van der Waals surface area contributed by atoms with Gasteiger partial charge in [0.25, 0.3) is 0 Å². The van der Waals surface area contributed by atoms with Crippen LogP contribution in [-0.4, -0.2) is 9.55 Å². The molecule has 2 nitrogen and oxygen atoms in total. The number of hydrogen-bond acceptors (Lipinski definition) is 1. The average molecular weight is 281 g/mol. The van der Waals surface area contributed by atoms with E-state index in [4.69, 9.17) is 4.98 Å². The summed E-state index contributed by atoms with van der Waals surface area (Å²) in [6.45, 7) is 5.60. The van der Waals surface area contributed by atoms with Gasteiger partial charge in [0.1, 0.15) is 5.82 Å². The molecule has 0 atom stereocenters. The maximum atomic E-state index is 4.76. The zero-order valence-corrected chi connectivity index (χ0v) is 12.9. The van der Waals surface area contributed by atoms with Crippen molar-refractivity contribution in [3.8, 4) is 0 Å². The molecule has 1 heterocycles. The molecule has 0 bridgehead atoms. The van der Waals surface area contributed by atoms with Crippen molar-refractivity contribution < 1.29 is 0 Å². The number of benzene rings is 1. The Hall–Kier alpha value is -1.02. The molecule has 0 saturated carbocycles. The Balaban J connectivity index is 0.00000180. The molecule has 106 valence electrons. The Kier molecular flexibility index (Phi) is 6.93. The number of nitrogens with zero attached hydrogens (tertiary/aromatic N) is 2. The molecule has 3 heteroatoms. The Morgan fingerprint density at radius 2 is 1.79 bits per heavy atom. The number of hydrogen-bond donors (Lipinski definition) is 0. The molecule has 2 aromatic rings. The van der Waals surface area contributed by atoms with Crippen molar-refractivity contribution in [1.82, 2.24) is 9.55 Å². The molecule has 1 aromatic carbocycles. The zero-order chi connectivity index (χ0) is 12.8. The van der Waals surface area contributed by atoms with Gasteiger partial charge in [0.05, 0.1) is 11.0 Å². The smallest absolute Gasteiger partial charge is 0.109 e. The second-order valence-electron chi connectivity index (χ2n) is 4.98. The van der Waals surface area contributed by atoms with Gasteiger partial charge in [0, 0.05) is 13.0 Å². The third-order valence-corrected chi connectivity index (χ3v) is 3.44. The van der Waals surface area contributed by atoms with Crippen molar-refractivity contribution in [2.45, 2.75) is 58.9 Å². The Morgan fingerprint density at radius 3 is 2.53 bits per heavy atom. The summed E-state index contributed by atoms with van der Waals surface area (Å²) in [6, 6.07) is 8.51. The summed E-state index contributed by atoms with van der Waals surface area (Å²) in [5, 5.41) is 0. The summed E-state index contributed by atoms with van der Waals surface area (Å²) in [4.78, 5) is 4.76. The highest BCUT2D eigenvalue weighted by atomic mass is 35.5. The van der Waals surface area contributed by atoms with Crippen LogP contribution in [0.3, 0.4) is 0 Å². The highest BCUT2D eigenvalue weighted by Gasteiger charge is 2.08. The minimum Gasteiger partial charge on any atom is -0.328 e. The lowest BCUT2D eigenvalue weighted by molar-refractivity contribution is 0.572. The van der Waals surface area contributed by atoms with Gasteiger partial charge >= 0.3 is 0 Å². The van der Waals surface area contributed by atoms with E-state index < -0.39 is 0 Å². The summed E-state index contributed by atoms with van der Waals surface area (Å²) in [5.41, 5.74) is 2.45. The first kappa shape index (κ1) is 16.0. The lowest BCUT2D eigenvalue weighted by Gasteiger charge is -2.08. The topological polar surface area (TPSA) is 17.8 Å². The van der Waals surface area contributed by atoms with E-state index in [1.807, 2.05) is 0 Å². The van der Waals surface area contributed by atoms with Crippen LogP contribution >= 0.6 is 12.4 Å². The van der Waals surface area contributed by atoms with Crippen LogP contribution in [0.5, 0.6) is 0 Å². The minimum atomic E-state index is 0. The molecule has 1 aromatic heterocycles. The molecule has 0 fully saturated rings. The minimum absolute atomic E-state index is 0. The second kappa shape index (κ2) is 8.21. The van der Waals surface area contributed by atoms with Crippen molar-refractivity contribution in [3.05, 3.63) is 30.1 Å². The van der Waals surface area contributed by atoms with Crippen molar-refractivity contribution in [3.63, 3.8) is 0 Å². The standard InChI is InChI=1S/C16H24N2.ClH/c1-3-5-6-9-13-18-15-12-8-7-11-14(15)17-16(18)10-4-2;/h7-8,11-12H,3-6,9-10,13H2,1-2H3;1H. The van der Waals surface area contributed by atoms with Gasteiger partial charge in [0.15, 0.2) is 0 Å². The number of aromatic nitrogens is 2. The fourth-order valence-electron chi connectivity index (χ4n) is 2.49. The molecular weight excluding hydrogens is 256 g/mol. The van der Waals surface area contributed by atoms with Crippen molar-refractivity contribution in [2.24, 2.45) is 0 Å². The van der Waals surface area contributed by atoms with Crippen LogP contribution in [0.15, 0.2) is 24.3 Å². The first-order valence-corrected chi connectivity index (χ1v) is 7.31. The molecule has 0 spiro atoms. The first-order chi connectivity index (χ1) is 8.86. The Bertz CT molecular complexity index is 490. The highest BCUT2D eigenvalue weighted by molar-refractivity contribution is 5.85. The van der Waals surface area contributed by atoms with E-state index in [2.05, 4.69) is 42.7 Å². The van der Waals surface area contributed by atoms with Crippen LogP contribution < -0.4 is 0 Å². The fraction of sp³-hybridized carbons (Fsp3) is 0.562. The van der Waals surface area contributed by atoms with Crippen molar-refractivity contribution in [2.75, 3.05) is 0 Å². The number of aryl methyl sites for hydroxylation is 2. The first-order valence-electron chi connectivity index (χ1n) is 7.31. The molecule has 0 N–H and O–H groups in total. The predicted molar refractivity (Wildman–Crippen MR) is 85.1 cm³/mol. The summed E-state index contributed by atoms with van der Waals surface area (Å²) in [7, 11) is 0. The van der Waals surface area contributed by atoms with Crippen LogP contribution in [0, 0.1) is 0 Å². The largest absolute Gasteiger partial charge is 0.328 e. The lowest BCUT2D eigenvalue weighted by Crippen LogP contribution is -2.04. The molecule has 0 radical (unpaired) electrons. The summed E-state index contributed by atoms with van der Waals surface area (Å²) in [6.07, 6.45) is 7.49. The second-order valence-corrected chi connectivity index (χ2v) is 4.98. The van der Waals surface area contributed by atoms with E-state index in [9.17, 15) is 0 Å². The number of unbranched alkanes of at least 4 members (excludes halogenated alkanes) is 3. The van der Waals surface area contributed by atoms with Crippen LogP contribution in [-0.2, 0) is 13.0 Å². The van der Waals surface area contributed by atoms with Gasteiger partial charge in [-0.15, -0.1) is 12.4 Å². The number of para-hydroxylation sites is 2. The van der Waals surface area contributed by atoms with E-state index in [0.717, 1.165) is 24.9 Å². The number of fused-ring (bicyclic) bond motifs is 1. The van der Waals surface area contributed by atoms with Gasteiger partial charge < -0.3 is 4.57 Å². The monoisotopic (exact) mass is 280 g/mol. The van der Waals surface area contributed by atoms with Gasteiger partial charge in [0.2, 0.25) is 0 Å². The zero-order valence-electron chi connectivity index (χ0n) is 12.1. The maximum Gasteiger partial charge on any atom is 0.109 e.